The monoisotopic (exact) mass is 268 g/mol. The van der Waals surface area contributed by atoms with E-state index in [0.717, 1.165) is 23.7 Å². The quantitative estimate of drug-likeness (QED) is 0.862. The van der Waals surface area contributed by atoms with Crippen molar-refractivity contribution in [1.82, 2.24) is 0 Å². The maximum atomic E-state index is 6.29. The Kier molecular flexibility index (Phi) is 4.49. The first-order valence-corrected chi connectivity index (χ1v) is 6.82. The van der Waals surface area contributed by atoms with Crippen molar-refractivity contribution in [1.29, 1.82) is 0 Å². The Hall–Kier alpha value is -0.770. The lowest BCUT2D eigenvalue weighted by atomic mass is 10.1. The van der Waals surface area contributed by atoms with E-state index in [2.05, 4.69) is 11.0 Å². The molecule has 0 spiro atoms. The third kappa shape index (κ3) is 3.16. The standard InChI is InChI=1S/C14H21ClN2O/c1-10(16)13-6-5-12(9-14(13)15)17(7-8-18-2)11-3-4-11/h5-6,9-11H,3-4,7-8,16H2,1-2H3. The lowest BCUT2D eigenvalue weighted by Gasteiger charge is -2.25. The van der Waals surface area contributed by atoms with Crippen LogP contribution in [0.1, 0.15) is 31.4 Å². The molecular weight excluding hydrogens is 248 g/mol. The number of anilines is 1. The lowest BCUT2D eigenvalue weighted by molar-refractivity contribution is 0.205. The van der Waals surface area contributed by atoms with Crippen LogP contribution in [-0.2, 0) is 4.74 Å². The van der Waals surface area contributed by atoms with Crippen LogP contribution in [-0.4, -0.2) is 26.3 Å². The molecule has 1 aromatic carbocycles. The van der Waals surface area contributed by atoms with E-state index in [1.807, 2.05) is 19.1 Å². The van der Waals surface area contributed by atoms with Crippen LogP contribution in [0.4, 0.5) is 5.69 Å². The summed E-state index contributed by atoms with van der Waals surface area (Å²) in [5, 5.41) is 0.755. The molecular formula is C14H21ClN2O. The zero-order valence-electron chi connectivity index (χ0n) is 11.0. The predicted octanol–water partition coefficient (Wildman–Crippen LogP) is 2.97. The number of nitrogens with two attached hydrogens (primary N) is 1. The summed E-state index contributed by atoms with van der Waals surface area (Å²) < 4.78 is 5.17. The molecule has 1 unspecified atom stereocenters. The van der Waals surface area contributed by atoms with E-state index in [9.17, 15) is 0 Å². The molecule has 1 aliphatic carbocycles. The molecule has 18 heavy (non-hydrogen) atoms. The lowest BCUT2D eigenvalue weighted by Crippen LogP contribution is -2.29. The van der Waals surface area contributed by atoms with Gasteiger partial charge in [-0.05, 0) is 37.5 Å². The number of nitrogens with zero attached hydrogens (tertiary/aromatic N) is 1. The summed E-state index contributed by atoms with van der Waals surface area (Å²) in [6.45, 7) is 3.60. The van der Waals surface area contributed by atoms with Crippen LogP contribution < -0.4 is 10.6 Å². The van der Waals surface area contributed by atoms with Gasteiger partial charge in [-0.15, -0.1) is 0 Å². The van der Waals surface area contributed by atoms with Gasteiger partial charge >= 0.3 is 0 Å². The first kappa shape index (κ1) is 13.7. The predicted molar refractivity (Wildman–Crippen MR) is 76.3 cm³/mol. The average molecular weight is 269 g/mol. The summed E-state index contributed by atoms with van der Waals surface area (Å²) in [6.07, 6.45) is 2.52. The molecule has 0 saturated heterocycles. The summed E-state index contributed by atoms with van der Waals surface area (Å²) in [7, 11) is 1.73. The number of ether oxygens (including phenoxy) is 1. The molecule has 4 heteroatoms. The van der Waals surface area contributed by atoms with Gasteiger partial charge in [0.2, 0.25) is 0 Å². The van der Waals surface area contributed by atoms with Crippen molar-refractivity contribution in [2.24, 2.45) is 5.73 Å². The van der Waals surface area contributed by atoms with E-state index in [4.69, 9.17) is 22.1 Å². The SMILES string of the molecule is COCCN(c1ccc(C(C)N)c(Cl)c1)C1CC1. The van der Waals surface area contributed by atoms with Crippen LogP contribution in [0.5, 0.6) is 0 Å². The van der Waals surface area contributed by atoms with E-state index in [1.54, 1.807) is 7.11 Å². The number of hydrogen-bond acceptors (Lipinski definition) is 3. The van der Waals surface area contributed by atoms with Gasteiger partial charge in [-0.3, -0.25) is 0 Å². The van der Waals surface area contributed by atoms with E-state index >= 15 is 0 Å². The number of rotatable bonds is 6. The van der Waals surface area contributed by atoms with E-state index in [-0.39, 0.29) is 6.04 Å². The average Bonchev–Trinajstić information content (AvgIpc) is 3.13. The van der Waals surface area contributed by atoms with Gasteiger partial charge in [-0.1, -0.05) is 17.7 Å². The van der Waals surface area contributed by atoms with Crippen LogP contribution in [0.25, 0.3) is 0 Å². The first-order chi connectivity index (χ1) is 8.63. The molecule has 0 aliphatic heterocycles. The maximum absolute atomic E-state index is 6.29. The van der Waals surface area contributed by atoms with Gasteiger partial charge in [0.15, 0.2) is 0 Å². The highest BCUT2D eigenvalue weighted by molar-refractivity contribution is 6.31. The van der Waals surface area contributed by atoms with Crippen molar-refractivity contribution in [3.8, 4) is 0 Å². The fourth-order valence-corrected chi connectivity index (χ4v) is 2.51. The molecule has 0 radical (unpaired) electrons. The zero-order valence-corrected chi connectivity index (χ0v) is 11.8. The van der Waals surface area contributed by atoms with Crippen LogP contribution in [0, 0.1) is 0 Å². The van der Waals surface area contributed by atoms with Gasteiger partial charge in [0, 0.05) is 36.4 Å². The second-order valence-electron chi connectivity index (χ2n) is 4.91. The third-order valence-corrected chi connectivity index (χ3v) is 3.66. The number of methoxy groups -OCH3 is 1. The second-order valence-corrected chi connectivity index (χ2v) is 5.32. The molecule has 2 rings (SSSR count). The van der Waals surface area contributed by atoms with Crippen LogP contribution in [0.15, 0.2) is 18.2 Å². The van der Waals surface area contributed by atoms with Gasteiger partial charge in [0.25, 0.3) is 0 Å². The smallest absolute Gasteiger partial charge is 0.0637 e. The van der Waals surface area contributed by atoms with Gasteiger partial charge in [-0.25, -0.2) is 0 Å². The number of hydrogen-bond donors (Lipinski definition) is 1. The van der Waals surface area contributed by atoms with Gasteiger partial charge in [0.05, 0.1) is 6.61 Å². The normalized spacial score (nSPS) is 16.7. The molecule has 0 bridgehead atoms. The van der Waals surface area contributed by atoms with Crippen molar-refractivity contribution in [3.63, 3.8) is 0 Å². The molecule has 2 N–H and O–H groups in total. The molecule has 0 heterocycles. The Morgan fingerprint density at radius 1 is 1.50 bits per heavy atom. The summed E-state index contributed by atoms with van der Waals surface area (Å²) in [4.78, 5) is 2.38. The summed E-state index contributed by atoms with van der Waals surface area (Å²) in [5.41, 5.74) is 8.05. The Morgan fingerprint density at radius 2 is 2.22 bits per heavy atom. The number of halogens is 1. The topological polar surface area (TPSA) is 38.5 Å². The van der Waals surface area contributed by atoms with E-state index in [0.29, 0.717) is 6.04 Å². The Labute approximate surface area is 114 Å². The van der Waals surface area contributed by atoms with Gasteiger partial charge in [0.1, 0.15) is 0 Å². The molecule has 1 aliphatic rings. The highest BCUT2D eigenvalue weighted by Gasteiger charge is 2.29. The minimum absolute atomic E-state index is 0.0279. The molecule has 1 saturated carbocycles. The second kappa shape index (κ2) is 5.91. The number of benzene rings is 1. The molecule has 3 nitrogen and oxygen atoms in total. The first-order valence-electron chi connectivity index (χ1n) is 6.44. The van der Waals surface area contributed by atoms with Crippen molar-refractivity contribution in [3.05, 3.63) is 28.8 Å². The van der Waals surface area contributed by atoms with E-state index < -0.39 is 0 Å². The van der Waals surface area contributed by atoms with Crippen molar-refractivity contribution >= 4 is 17.3 Å². The fourth-order valence-electron chi connectivity index (χ4n) is 2.16. The van der Waals surface area contributed by atoms with Crippen LogP contribution >= 0.6 is 11.6 Å². The van der Waals surface area contributed by atoms with E-state index in [1.165, 1.54) is 18.5 Å². The Bertz CT molecular complexity index is 405. The zero-order chi connectivity index (χ0) is 13.1. The summed E-state index contributed by atoms with van der Waals surface area (Å²) in [5.74, 6) is 0. The maximum Gasteiger partial charge on any atom is 0.0637 e. The summed E-state index contributed by atoms with van der Waals surface area (Å²) in [6, 6.07) is 6.79. The Morgan fingerprint density at radius 3 is 2.72 bits per heavy atom. The molecule has 1 aromatic rings. The molecule has 100 valence electrons. The Balaban J connectivity index is 2.17. The largest absolute Gasteiger partial charge is 0.383 e. The van der Waals surface area contributed by atoms with Crippen LogP contribution in [0.2, 0.25) is 5.02 Å². The van der Waals surface area contributed by atoms with Crippen molar-refractivity contribution < 1.29 is 4.74 Å². The highest BCUT2D eigenvalue weighted by Crippen LogP contribution is 2.34. The molecule has 0 amide bonds. The van der Waals surface area contributed by atoms with Crippen LogP contribution in [0.3, 0.4) is 0 Å². The third-order valence-electron chi connectivity index (χ3n) is 3.33. The highest BCUT2D eigenvalue weighted by atomic mass is 35.5. The molecule has 1 atom stereocenters. The van der Waals surface area contributed by atoms with Crippen molar-refractivity contribution in [2.45, 2.75) is 31.8 Å². The summed E-state index contributed by atoms with van der Waals surface area (Å²) >= 11 is 6.29. The molecule has 0 aromatic heterocycles. The minimum atomic E-state index is -0.0279. The fraction of sp³-hybridized carbons (Fsp3) is 0.571. The van der Waals surface area contributed by atoms with Gasteiger partial charge in [-0.2, -0.15) is 0 Å². The van der Waals surface area contributed by atoms with Gasteiger partial charge < -0.3 is 15.4 Å². The van der Waals surface area contributed by atoms with Crippen molar-refractivity contribution in [2.75, 3.05) is 25.2 Å². The molecule has 1 fully saturated rings. The minimum Gasteiger partial charge on any atom is -0.383 e.